The van der Waals surface area contributed by atoms with E-state index in [2.05, 4.69) is 10.1 Å². The highest BCUT2D eigenvalue weighted by Crippen LogP contribution is 2.49. The van der Waals surface area contributed by atoms with Gasteiger partial charge in [0.05, 0.1) is 13.2 Å². The van der Waals surface area contributed by atoms with E-state index in [0.717, 1.165) is 0 Å². The number of amides is 2. The second-order valence-corrected chi connectivity index (χ2v) is 8.22. The molecule has 11 nitrogen and oxygen atoms in total. The average Bonchev–Trinajstić information content (AvgIpc) is 3.02. The van der Waals surface area contributed by atoms with Crippen LogP contribution in [0.3, 0.4) is 0 Å². The number of hydrogen-bond acceptors (Lipinski definition) is 8. The molecule has 2 N–H and O–H groups in total. The van der Waals surface area contributed by atoms with E-state index >= 15 is 0 Å². The third-order valence-electron chi connectivity index (χ3n) is 4.30. The Morgan fingerprint density at radius 3 is 2.32 bits per heavy atom. The lowest BCUT2D eigenvalue weighted by Crippen LogP contribution is -2.31. The van der Waals surface area contributed by atoms with Gasteiger partial charge in [-0.2, -0.15) is 0 Å². The summed E-state index contributed by atoms with van der Waals surface area (Å²) in [6.45, 7) is 4.08. The Labute approximate surface area is 180 Å². The van der Waals surface area contributed by atoms with Crippen molar-refractivity contribution in [2.75, 3.05) is 19.8 Å². The minimum Gasteiger partial charge on any atom is -0.465 e. The summed E-state index contributed by atoms with van der Waals surface area (Å²) in [6, 6.07) is 5.78. The van der Waals surface area contributed by atoms with Crippen LogP contribution in [-0.4, -0.2) is 54.0 Å². The van der Waals surface area contributed by atoms with Crippen molar-refractivity contribution in [2.24, 2.45) is 0 Å². The fraction of sp³-hybridized carbons (Fsp3) is 0.526. The molecule has 0 spiro atoms. The molecule has 1 atom stereocenters. The van der Waals surface area contributed by atoms with Crippen LogP contribution >= 0.6 is 7.82 Å². The van der Waals surface area contributed by atoms with Gasteiger partial charge in [0.25, 0.3) is 0 Å². The topological polar surface area (TPSA) is 141 Å². The Balaban J connectivity index is 1.85. The van der Waals surface area contributed by atoms with Gasteiger partial charge in [-0.25, -0.2) is 18.9 Å². The third kappa shape index (κ3) is 7.86. The SMILES string of the molecule is CCOP(=O)(OCC)Oc1ccc(CN(CCCCC2NC(=O)OC2=O)C(=O)O)cc1. The lowest BCUT2D eigenvalue weighted by atomic mass is 10.1. The van der Waals surface area contributed by atoms with E-state index < -0.39 is 32.0 Å². The van der Waals surface area contributed by atoms with Gasteiger partial charge in [-0.05, 0) is 50.8 Å². The molecule has 31 heavy (non-hydrogen) atoms. The summed E-state index contributed by atoms with van der Waals surface area (Å²) in [6.07, 6.45) is -0.400. The molecule has 1 unspecified atom stereocenters. The first-order valence-electron chi connectivity index (χ1n) is 9.94. The molecule has 0 aliphatic carbocycles. The maximum atomic E-state index is 12.4. The Kier molecular flexibility index (Phi) is 9.29. The van der Waals surface area contributed by atoms with Crippen LogP contribution in [-0.2, 0) is 29.7 Å². The Hall–Kier alpha value is -2.62. The molecule has 0 bridgehead atoms. The van der Waals surface area contributed by atoms with Crippen molar-refractivity contribution in [3.63, 3.8) is 0 Å². The zero-order valence-electron chi connectivity index (χ0n) is 17.4. The fourth-order valence-corrected chi connectivity index (χ4v) is 4.08. The highest BCUT2D eigenvalue weighted by Gasteiger charge is 2.31. The minimum atomic E-state index is -3.70. The number of phosphoric ester groups is 1. The summed E-state index contributed by atoms with van der Waals surface area (Å²) in [5, 5.41) is 11.8. The third-order valence-corrected chi connectivity index (χ3v) is 5.88. The van der Waals surface area contributed by atoms with Crippen molar-refractivity contribution in [1.82, 2.24) is 10.2 Å². The van der Waals surface area contributed by atoms with Crippen molar-refractivity contribution in [3.8, 4) is 5.75 Å². The molecule has 1 aromatic carbocycles. The second-order valence-electron chi connectivity index (χ2n) is 6.62. The quantitative estimate of drug-likeness (QED) is 0.196. The number of cyclic esters (lactones) is 2. The maximum absolute atomic E-state index is 12.4. The summed E-state index contributed by atoms with van der Waals surface area (Å²) in [7, 11) is -3.70. The number of carbonyl (C=O) groups is 3. The van der Waals surface area contributed by atoms with Gasteiger partial charge in [-0.15, -0.1) is 0 Å². The lowest BCUT2D eigenvalue weighted by Gasteiger charge is -2.20. The molecule has 172 valence electrons. The summed E-state index contributed by atoms with van der Waals surface area (Å²) < 4.78 is 32.3. The van der Waals surface area contributed by atoms with E-state index in [0.29, 0.717) is 24.8 Å². The monoisotopic (exact) mass is 458 g/mol. The molecule has 1 aliphatic heterocycles. The first-order valence-corrected chi connectivity index (χ1v) is 11.4. The number of alkyl carbamates (subject to hydrolysis) is 1. The van der Waals surface area contributed by atoms with Gasteiger partial charge in [0.15, 0.2) is 0 Å². The van der Waals surface area contributed by atoms with Crippen LogP contribution in [0.5, 0.6) is 5.75 Å². The molecule has 1 aliphatic rings. The maximum Gasteiger partial charge on any atom is 0.530 e. The molecule has 2 amide bonds. The number of hydrogen-bond donors (Lipinski definition) is 2. The van der Waals surface area contributed by atoms with Gasteiger partial charge >= 0.3 is 26.0 Å². The van der Waals surface area contributed by atoms with Crippen LogP contribution in [0.15, 0.2) is 24.3 Å². The predicted octanol–water partition coefficient (Wildman–Crippen LogP) is 3.53. The van der Waals surface area contributed by atoms with Crippen LogP contribution in [0.25, 0.3) is 0 Å². The molecular weight excluding hydrogens is 431 g/mol. The first kappa shape index (κ1) is 24.6. The molecule has 1 aromatic rings. The average molecular weight is 458 g/mol. The molecule has 1 fully saturated rings. The predicted molar refractivity (Wildman–Crippen MR) is 109 cm³/mol. The fourth-order valence-electron chi connectivity index (χ4n) is 2.89. The van der Waals surface area contributed by atoms with Crippen LogP contribution in [0.4, 0.5) is 9.59 Å². The normalized spacial score (nSPS) is 16.0. The molecule has 0 aromatic heterocycles. The number of esters is 1. The van der Waals surface area contributed by atoms with E-state index in [4.69, 9.17) is 13.6 Å². The van der Waals surface area contributed by atoms with Gasteiger partial charge in [-0.1, -0.05) is 12.1 Å². The van der Waals surface area contributed by atoms with Crippen LogP contribution in [0.1, 0.15) is 38.7 Å². The largest absolute Gasteiger partial charge is 0.530 e. The van der Waals surface area contributed by atoms with E-state index in [-0.39, 0.29) is 32.1 Å². The number of nitrogens with zero attached hydrogens (tertiary/aromatic N) is 1. The summed E-state index contributed by atoms with van der Waals surface area (Å²) >= 11 is 0. The number of rotatable bonds is 13. The zero-order chi connectivity index (χ0) is 22.9. The molecule has 0 radical (unpaired) electrons. The molecule has 0 saturated carbocycles. The second kappa shape index (κ2) is 11.7. The number of carboxylic acid groups (broad SMARTS) is 1. The Bertz CT molecular complexity index is 805. The number of carbonyl (C=O) groups excluding carboxylic acids is 2. The minimum absolute atomic E-state index is 0.145. The first-order chi connectivity index (χ1) is 14.8. The van der Waals surface area contributed by atoms with E-state index in [9.17, 15) is 24.1 Å². The highest BCUT2D eigenvalue weighted by molar-refractivity contribution is 7.48. The van der Waals surface area contributed by atoms with Gasteiger partial charge < -0.3 is 24.6 Å². The number of nitrogens with one attached hydrogen (secondary N) is 1. The van der Waals surface area contributed by atoms with Gasteiger partial charge in [-0.3, -0.25) is 9.05 Å². The highest BCUT2D eigenvalue weighted by atomic mass is 31.2. The van der Waals surface area contributed by atoms with Crippen molar-refractivity contribution < 1.29 is 42.4 Å². The number of ether oxygens (including phenoxy) is 1. The van der Waals surface area contributed by atoms with Gasteiger partial charge in [0, 0.05) is 13.1 Å². The van der Waals surface area contributed by atoms with E-state index in [1.54, 1.807) is 38.1 Å². The summed E-state index contributed by atoms with van der Waals surface area (Å²) in [5.41, 5.74) is 0.712. The van der Waals surface area contributed by atoms with Crippen molar-refractivity contribution in [1.29, 1.82) is 0 Å². The Morgan fingerprint density at radius 1 is 1.16 bits per heavy atom. The van der Waals surface area contributed by atoms with E-state index in [1.165, 1.54) is 4.90 Å². The smallest absolute Gasteiger partial charge is 0.465 e. The van der Waals surface area contributed by atoms with E-state index in [1.807, 2.05) is 0 Å². The van der Waals surface area contributed by atoms with Gasteiger partial charge in [0.1, 0.15) is 11.8 Å². The zero-order valence-corrected chi connectivity index (χ0v) is 18.3. The van der Waals surface area contributed by atoms with Gasteiger partial charge in [0.2, 0.25) is 0 Å². The van der Waals surface area contributed by atoms with Crippen molar-refractivity contribution in [2.45, 2.75) is 45.7 Å². The van der Waals surface area contributed by atoms with Crippen molar-refractivity contribution >= 4 is 26.0 Å². The molecular formula is C19H27N2O9P. The summed E-state index contributed by atoms with van der Waals surface area (Å²) in [4.78, 5) is 35.2. The number of unbranched alkanes of at least 4 members (excludes halogenated alkanes) is 1. The molecule has 1 saturated heterocycles. The molecule has 2 rings (SSSR count). The summed E-state index contributed by atoms with van der Waals surface area (Å²) in [5.74, 6) is -0.332. The standard InChI is InChI=1S/C19H27N2O9P/c1-3-27-31(26,28-4-2)30-15-10-8-14(9-11-15)13-21(19(24)25)12-6-5-7-16-17(22)29-18(23)20-16/h8-11,16H,3-7,12-13H2,1-2H3,(H,20,23)(H,24,25). The van der Waals surface area contributed by atoms with Crippen molar-refractivity contribution in [3.05, 3.63) is 29.8 Å². The van der Waals surface area contributed by atoms with Crippen LogP contribution < -0.4 is 9.84 Å². The molecule has 1 heterocycles. The number of phosphoric acid groups is 1. The molecule has 12 heteroatoms. The number of benzene rings is 1. The van der Waals surface area contributed by atoms with Crippen LogP contribution in [0, 0.1) is 0 Å². The lowest BCUT2D eigenvalue weighted by molar-refractivity contribution is -0.135. The van der Waals surface area contributed by atoms with Crippen LogP contribution in [0.2, 0.25) is 0 Å². The Morgan fingerprint density at radius 2 is 1.81 bits per heavy atom.